The van der Waals surface area contributed by atoms with E-state index in [0.717, 1.165) is 5.75 Å². The van der Waals surface area contributed by atoms with Crippen molar-refractivity contribution >= 4 is 39.6 Å². The summed E-state index contributed by atoms with van der Waals surface area (Å²) in [5.41, 5.74) is -1.17. The maximum absolute atomic E-state index is 12.1. The average molecular weight is 481 g/mol. The molecule has 1 aliphatic rings. The van der Waals surface area contributed by atoms with Crippen LogP contribution in [0.3, 0.4) is 0 Å². The van der Waals surface area contributed by atoms with Gasteiger partial charge in [-0.05, 0) is 41.5 Å². The van der Waals surface area contributed by atoms with Gasteiger partial charge in [0.25, 0.3) is 0 Å². The van der Waals surface area contributed by atoms with Gasteiger partial charge < -0.3 is 29.6 Å². The van der Waals surface area contributed by atoms with E-state index < -0.39 is 23.3 Å². The predicted octanol–water partition coefficient (Wildman–Crippen LogP) is 2.87. The number of ether oxygens (including phenoxy) is 4. The monoisotopic (exact) mass is 480 g/mol. The van der Waals surface area contributed by atoms with Crippen molar-refractivity contribution in [3.05, 3.63) is 0 Å². The highest BCUT2D eigenvalue weighted by Crippen LogP contribution is 2.36. The molecule has 1 heterocycles. The lowest BCUT2D eigenvalue weighted by molar-refractivity contribution is -0.160. The minimum atomic E-state index is -0.570. The van der Waals surface area contributed by atoms with E-state index >= 15 is 0 Å². The standard InChI is InChI=1S/C20H36N2O7S2/c1-19(2,3)28-16(24)12-26-9-10-27-17-11-14(13-30-31-17)22-15(23)7-8-21-18(25)29-20(4,5)6/h14,17H,7-13H2,1-6H3,(H,21,25)(H,22,23). The Morgan fingerprint density at radius 3 is 2.32 bits per heavy atom. The van der Waals surface area contributed by atoms with Crippen molar-refractivity contribution in [3.8, 4) is 0 Å². The van der Waals surface area contributed by atoms with E-state index in [9.17, 15) is 14.4 Å². The molecule has 1 rings (SSSR count). The van der Waals surface area contributed by atoms with Gasteiger partial charge in [-0.2, -0.15) is 0 Å². The number of carbonyl (C=O) groups is 3. The molecule has 0 saturated carbocycles. The Morgan fingerprint density at radius 2 is 1.68 bits per heavy atom. The molecule has 0 radical (unpaired) electrons. The molecular formula is C20H36N2O7S2. The highest BCUT2D eigenvalue weighted by molar-refractivity contribution is 8.77. The summed E-state index contributed by atoms with van der Waals surface area (Å²) in [4.78, 5) is 35.3. The third kappa shape index (κ3) is 15.3. The molecule has 1 fully saturated rings. The van der Waals surface area contributed by atoms with Gasteiger partial charge in [-0.25, -0.2) is 9.59 Å². The van der Waals surface area contributed by atoms with E-state index in [2.05, 4.69) is 10.6 Å². The Kier molecular flexibility index (Phi) is 12.0. The van der Waals surface area contributed by atoms with E-state index in [1.165, 1.54) is 0 Å². The van der Waals surface area contributed by atoms with Crippen molar-refractivity contribution in [3.63, 3.8) is 0 Å². The molecule has 2 atom stereocenters. The molecule has 9 nitrogen and oxygen atoms in total. The first-order valence-electron chi connectivity index (χ1n) is 10.3. The van der Waals surface area contributed by atoms with Gasteiger partial charge in [-0.1, -0.05) is 21.6 Å². The van der Waals surface area contributed by atoms with Crippen LogP contribution in [-0.4, -0.2) is 72.8 Å². The molecule has 31 heavy (non-hydrogen) atoms. The molecule has 180 valence electrons. The fourth-order valence-corrected chi connectivity index (χ4v) is 5.05. The van der Waals surface area contributed by atoms with E-state index in [4.69, 9.17) is 18.9 Å². The van der Waals surface area contributed by atoms with Gasteiger partial charge in [0.05, 0.1) is 13.2 Å². The fraction of sp³-hybridized carbons (Fsp3) is 0.850. The number of hydrogen-bond acceptors (Lipinski definition) is 9. The Balaban J connectivity index is 2.16. The Bertz CT molecular complexity index is 591. The van der Waals surface area contributed by atoms with Crippen molar-refractivity contribution in [1.29, 1.82) is 0 Å². The van der Waals surface area contributed by atoms with Gasteiger partial charge in [0.2, 0.25) is 5.91 Å². The summed E-state index contributed by atoms with van der Waals surface area (Å²) in [7, 11) is 3.25. The minimum absolute atomic E-state index is 0.00652. The molecule has 0 bridgehead atoms. The van der Waals surface area contributed by atoms with Crippen molar-refractivity contribution in [2.45, 2.75) is 77.1 Å². The number of hydrogen-bond donors (Lipinski definition) is 2. The molecule has 0 aromatic heterocycles. The van der Waals surface area contributed by atoms with Crippen LogP contribution in [0, 0.1) is 0 Å². The van der Waals surface area contributed by atoms with Gasteiger partial charge in [0.1, 0.15) is 23.2 Å². The molecule has 11 heteroatoms. The van der Waals surface area contributed by atoms with Crippen LogP contribution < -0.4 is 10.6 Å². The molecular weight excluding hydrogens is 444 g/mol. The average Bonchev–Trinajstić information content (AvgIpc) is 2.58. The maximum atomic E-state index is 12.1. The molecule has 0 aromatic rings. The zero-order valence-corrected chi connectivity index (χ0v) is 20.9. The van der Waals surface area contributed by atoms with Gasteiger partial charge in [-0.3, -0.25) is 4.79 Å². The van der Waals surface area contributed by atoms with Gasteiger partial charge in [-0.15, -0.1) is 0 Å². The first kappa shape index (κ1) is 27.9. The Labute approximate surface area is 192 Å². The maximum Gasteiger partial charge on any atom is 0.407 e. The minimum Gasteiger partial charge on any atom is -0.458 e. The summed E-state index contributed by atoms with van der Waals surface area (Å²) in [5.74, 6) is 0.247. The van der Waals surface area contributed by atoms with E-state index in [1.807, 2.05) is 0 Å². The van der Waals surface area contributed by atoms with Gasteiger partial charge >= 0.3 is 12.1 Å². The van der Waals surface area contributed by atoms with Crippen molar-refractivity contribution in [2.75, 3.05) is 32.1 Å². The zero-order valence-electron chi connectivity index (χ0n) is 19.3. The van der Waals surface area contributed by atoms with Crippen LogP contribution in [0.15, 0.2) is 0 Å². The van der Waals surface area contributed by atoms with Crippen LogP contribution in [0.25, 0.3) is 0 Å². The third-order valence-corrected chi connectivity index (χ3v) is 6.16. The molecule has 1 saturated heterocycles. The number of carbonyl (C=O) groups excluding carboxylic acids is 3. The summed E-state index contributed by atoms with van der Waals surface area (Å²) in [5, 5.41) is 5.54. The lowest BCUT2D eigenvalue weighted by atomic mass is 10.2. The van der Waals surface area contributed by atoms with Crippen LogP contribution in [0.2, 0.25) is 0 Å². The normalized spacial score (nSPS) is 19.4. The van der Waals surface area contributed by atoms with Crippen molar-refractivity contribution < 1.29 is 33.3 Å². The van der Waals surface area contributed by atoms with Crippen LogP contribution in [0.1, 0.15) is 54.4 Å². The SMILES string of the molecule is CC(C)(C)OC(=O)COCCOC1CC(NC(=O)CCNC(=O)OC(C)(C)C)CSS1. The first-order chi connectivity index (χ1) is 14.3. The lowest BCUT2D eigenvalue weighted by Gasteiger charge is -2.28. The van der Waals surface area contributed by atoms with E-state index in [-0.39, 0.29) is 43.6 Å². The van der Waals surface area contributed by atoms with Crippen LogP contribution in [0.4, 0.5) is 4.79 Å². The van der Waals surface area contributed by atoms with Crippen molar-refractivity contribution in [1.82, 2.24) is 10.6 Å². The molecule has 1 aliphatic heterocycles. The summed E-state index contributed by atoms with van der Waals surface area (Å²) < 4.78 is 21.4. The van der Waals surface area contributed by atoms with Crippen molar-refractivity contribution in [2.24, 2.45) is 0 Å². The number of nitrogens with one attached hydrogen (secondary N) is 2. The van der Waals surface area contributed by atoms with E-state index in [1.54, 1.807) is 63.1 Å². The lowest BCUT2D eigenvalue weighted by Crippen LogP contribution is -2.42. The molecule has 0 aliphatic carbocycles. The predicted molar refractivity (Wildman–Crippen MR) is 122 cm³/mol. The third-order valence-electron chi connectivity index (χ3n) is 3.48. The fourth-order valence-electron chi connectivity index (χ4n) is 2.39. The van der Waals surface area contributed by atoms with Crippen LogP contribution >= 0.6 is 21.6 Å². The topological polar surface area (TPSA) is 112 Å². The Morgan fingerprint density at radius 1 is 1.00 bits per heavy atom. The van der Waals surface area contributed by atoms with Gasteiger partial charge in [0, 0.05) is 31.2 Å². The highest BCUT2D eigenvalue weighted by atomic mass is 33.1. The highest BCUT2D eigenvalue weighted by Gasteiger charge is 2.25. The summed E-state index contributed by atoms with van der Waals surface area (Å²) in [6, 6.07) is -0.00652. The summed E-state index contributed by atoms with van der Waals surface area (Å²) in [6.07, 6.45) is 0.319. The smallest absolute Gasteiger partial charge is 0.407 e. The number of esters is 1. The van der Waals surface area contributed by atoms with Crippen LogP contribution in [0.5, 0.6) is 0 Å². The first-order valence-corrected chi connectivity index (χ1v) is 12.7. The second kappa shape index (κ2) is 13.4. The Hall–Kier alpha value is -1.17. The molecule has 2 unspecified atom stereocenters. The second-order valence-electron chi connectivity index (χ2n) is 9.00. The largest absolute Gasteiger partial charge is 0.458 e. The molecule has 0 spiro atoms. The van der Waals surface area contributed by atoms with E-state index in [0.29, 0.717) is 13.0 Å². The van der Waals surface area contributed by atoms with Crippen LogP contribution in [-0.2, 0) is 28.5 Å². The molecule has 2 amide bonds. The zero-order chi connectivity index (χ0) is 23.5. The number of amides is 2. The second-order valence-corrected chi connectivity index (χ2v) is 11.6. The quantitative estimate of drug-likeness (QED) is 0.277. The molecule has 0 aromatic carbocycles. The summed E-state index contributed by atoms with van der Waals surface area (Å²) >= 11 is 0. The van der Waals surface area contributed by atoms with Gasteiger partial charge in [0.15, 0.2) is 0 Å². The molecule has 2 N–H and O–H groups in total. The summed E-state index contributed by atoms with van der Waals surface area (Å²) in [6.45, 7) is 11.5. The number of rotatable bonds is 10. The number of alkyl carbamates (subject to hydrolysis) is 1.